The lowest BCUT2D eigenvalue weighted by molar-refractivity contribution is 0.590. The third-order valence-electron chi connectivity index (χ3n) is 2.07. The summed E-state index contributed by atoms with van der Waals surface area (Å²) in [5.41, 5.74) is 0. The summed E-state index contributed by atoms with van der Waals surface area (Å²) in [4.78, 5) is 0. The van der Waals surface area contributed by atoms with Crippen LogP contribution in [0.2, 0.25) is 0 Å². The van der Waals surface area contributed by atoms with E-state index in [-0.39, 0.29) is 0 Å². The van der Waals surface area contributed by atoms with Crippen LogP contribution in [0, 0.1) is 0 Å². The Kier molecular flexibility index (Phi) is 17.3. The van der Waals surface area contributed by atoms with E-state index in [1.54, 1.807) is 0 Å². The molecule has 1 unspecified atom stereocenters. The van der Waals surface area contributed by atoms with Crippen molar-refractivity contribution in [1.29, 1.82) is 0 Å². The summed E-state index contributed by atoms with van der Waals surface area (Å²) in [5.74, 6) is 0. The largest absolute Gasteiger partial charge is 0.314 e. The molecule has 0 aromatic rings. The lowest BCUT2D eigenvalue weighted by Gasteiger charge is -2.08. The molecule has 0 heterocycles. The summed E-state index contributed by atoms with van der Waals surface area (Å²) >= 11 is 0. The van der Waals surface area contributed by atoms with E-state index in [4.69, 9.17) is 0 Å². The van der Waals surface area contributed by atoms with E-state index in [2.05, 4.69) is 32.0 Å². The van der Waals surface area contributed by atoms with Gasteiger partial charge in [-0.25, -0.2) is 0 Å². The summed E-state index contributed by atoms with van der Waals surface area (Å²) in [6, 6.07) is 0.472. The van der Waals surface area contributed by atoms with Crippen LogP contribution in [0.25, 0.3) is 0 Å². The Morgan fingerprint density at radius 1 is 1.13 bits per heavy atom. The first-order valence-corrected chi connectivity index (χ1v) is 5.78. The number of unbranched alkanes of at least 4 members (excludes halogenated alkanes) is 2. The van der Waals surface area contributed by atoms with Gasteiger partial charge in [-0.15, -0.1) is 19.7 Å². The highest BCUT2D eigenvalue weighted by Gasteiger charge is 1.96. The number of hydrogen-bond acceptors (Lipinski definition) is 1. The van der Waals surface area contributed by atoms with Gasteiger partial charge >= 0.3 is 0 Å². The van der Waals surface area contributed by atoms with Crippen molar-refractivity contribution in [3.05, 3.63) is 38.0 Å². The number of allylic oxidation sites excluding steroid dienone is 2. The van der Waals surface area contributed by atoms with Crippen LogP contribution in [0.4, 0.5) is 0 Å². The van der Waals surface area contributed by atoms with Crippen LogP contribution < -0.4 is 5.32 Å². The third-order valence-corrected chi connectivity index (χ3v) is 2.07. The number of likely N-dealkylation sites (N-methyl/N-ethyl adjacent to an activating group) is 1. The van der Waals surface area contributed by atoms with Crippen molar-refractivity contribution in [2.24, 2.45) is 0 Å². The Morgan fingerprint density at radius 3 is 2.00 bits per heavy atom. The maximum atomic E-state index is 3.72. The predicted molar refractivity (Wildman–Crippen MR) is 72.2 cm³/mol. The van der Waals surface area contributed by atoms with Gasteiger partial charge in [0.1, 0.15) is 0 Å². The number of rotatable bonds is 8. The first-order chi connectivity index (χ1) is 7.26. The molecule has 1 atom stereocenters. The molecule has 0 amide bonds. The SMILES string of the molecule is C=CCCC.C=CCCCC(C=C)NC. The lowest BCUT2D eigenvalue weighted by atomic mass is 10.1. The molecule has 0 saturated carbocycles. The minimum Gasteiger partial charge on any atom is -0.314 e. The second-order valence-corrected chi connectivity index (χ2v) is 3.43. The molecule has 0 aromatic heterocycles. The Morgan fingerprint density at radius 2 is 1.73 bits per heavy atom. The van der Waals surface area contributed by atoms with Crippen LogP contribution in [-0.2, 0) is 0 Å². The van der Waals surface area contributed by atoms with Crippen molar-refractivity contribution in [2.45, 2.75) is 45.1 Å². The Labute approximate surface area is 96.0 Å². The van der Waals surface area contributed by atoms with Crippen molar-refractivity contribution in [2.75, 3.05) is 7.05 Å². The quantitative estimate of drug-likeness (QED) is 0.469. The van der Waals surface area contributed by atoms with Gasteiger partial charge in [0.2, 0.25) is 0 Å². The Balaban J connectivity index is 0. The second-order valence-electron chi connectivity index (χ2n) is 3.43. The van der Waals surface area contributed by atoms with Crippen molar-refractivity contribution in [1.82, 2.24) is 5.32 Å². The topological polar surface area (TPSA) is 12.0 Å². The molecule has 0 spiro atoms. The average Bonchev–Trinajstić information content (AvgIpc) is 2.27. The van der Waals surface area contributed by atoms with Gasteiger partial charge in [0.25, 0.3) is 0 Å². The average molecular weight is 209 g/mol. The Hall–Kier alpha value is -0.820. The highest BCUT2D eigenvalue weighted by molar-refractivity contribution is 4.84. The van der Waals surface area contributed by atoms with Crippen LogP contribution >= 0.6 is 0 Å². The van der Waals surface area contributed by atoms with Crippen LogP contribution in [0.5, 0.6) is 0 Å². The summed E-state index contributed by atoms with van der Waals surface area (Å²) in [6.45, 7) is 13.1. The summed E-state index contributed by atoms with van der Waals surface area (Å²) < 4.78 is 0. The molecule has 1 N–H and O–H groups in total. The summed E-state index contributed by atoms with van der Waals surface area (Å²) in [6.07, 6.45) is 11.7. The van der Waals surface area contributed by atoms with Crippen molar-refractivity contribution in [3.8, 4) is 0 Å². The van der Waals surface area contributed by atoms with Crippen LogP contribution in [0.3, 0.4) is 0 Å². The zero-order valence-corrected chi connectivity index (χ0v) is 10.5. The maximum Gasteiger partial charge on any atom is 0.0244 e. The fourth-order valence-electron chi connectivity index (χ4n) is 1.07. The zero-order valence-electron chi connectivity index (χ0n) is 10.5. The molecule has 0 aliphatic heterocycles. The van der Waals surface area contributed by atoms with Gasteiger partial charge in [-0.05, 0) is 32.7 Å². The molecule has 0 bridgehead atoms. The van der Waals surface area contributed by atoms with E-state index < -0.39 is 0 Å². The first-order valence-electron chi connectivity index (χ1n) is 5.78. The van der Waals surface area contributed by atoms with Gasteiger partial charge < -0.3 is 5.32 Å². The lowest BCUT2D eigenvalue weighted by Crippen LogP contribution is -2.21. The predicted octanol–water partition coefficient (Wildman–Crippen LogP) is 4.09. The summed E-state index contributed by atoms with van der Waals surface area (Å²) in [7, 11) is 1.96. The highest BCUT2D eigenvalue weighted by atomic mass is 14.8. The van der Waals surface area contributed by atoms with Crippen LogP contribution in [-0.4, -0.2) is 13.1 Å². The van der Waals surface area contributed by atoms with Gasteiger partial charge in [-0.2, -0.15) is 0 Å². The fourth-order valence-corrected chi connectivity index (χ4v) is 1.07. The zero-order chi connectivity index (χ0) is 11.9. The minimum absolute atomic E-state index is 0.472. The standard InChI is InChI=1S/C9H17N.C5H10/c1-4-6-7-8-9(5-2)10-3;1-3-5-4-2/h4-5,9-10H,1-2,6-8H2,3H3;3H,1,4-5H2,2H3. The van der Waals surface area contributed by atoms with E-state index in [0.29, 0.717) is 6.04 Å². The molecule has 0 aliphatic rings. The number of nitrogens with one attached hydrogen (secondary N) is 1. The molecule has 0 fully saturated rings. The van der Waals surface area contributed by atoms with Crippen molar-refractivity contribution in [3.63, 3.8) is 0 Å². The molecular formula is C14H27N. The molecule has 0 saturated heterocycles. The molecular weight excluding hydrogens is 182 g/mol. The summed E-state index contributed by atoms with van der Waals surface area (Å²) in [5, 5.41) is 3.16. The van der Waals surface area contributed by atoms with Crippen LogP contribution in [0.1, 0.15) is 39.0 Å². The third kappa shape index (κ3) is 15.9. The van der Waals surface area contributed by atoms with Gasteiger partial charge in [-0.3, -0.25) is 0 Å². The molecule has 0 aromatic carbocycles. The normalized spacial score (nSPS) is 10.8. The monoisotopic (exact) mass is 209 g/mol. The molecule has 15 heavy (non-hydrogen) atoms. The van der Waals surface area contributed by atoms with Crippen molar-refractivity contribution < 1.29 is 0 Å². The van der Waals surface area contributed by atoms with Crippen molar-refractivity contribution >= 4 is 0 Å². The van der Waals surface area contributed by atoms with Gasteiger partial charge in [0, 0.05) is 6.04 Å². The smallest absolute Gasteiger partial charge is 0.0244 e. The first kappa shape index (κ1) is 16.6. The Bertz CT molecular complexity index is 149. The molecule has 0 radical (unpaired) electrons. The number of hydrogen-bond donors (Lipinski definition) is 1. The molecule has 0 aliphatic carbocycles. The van der Waals surface area contributed by atoms with E-state index in [0.717, 1.165) is 19.3 Å². The van der Waals surface area contributed by atoms with Crippen LogP contribution in [0.15, 0.2) is 38.0 Å². The molecule has 1 heteroatoms. The van der Waals surface area contributed by atoms with Gasteiger partial charge in [-0.1, -0.05) is 31.6 Å². The fraction of sp³-hybridized carbons (Fsp3) is 0.571. The van der Waals surface area contributed by atoms with E-state index in [9.17, 15) is 0 Å². The van der Waals surface area contributed by atoms with E-state index in [1.165, 1.54) is 12.8 Å². The molecule has 1 nitrogen and oxygen atoms in total. The van der Waals surface area contributed by atoms with Gasteiger partial charge in [0.05, 0.1) is 0 Å². The molecule has 0 rings (SSSR count). The van der Waals surface area contributed by atoms with Gasteiger partial charge in [0.15, 0.2) is 0 Å². The highest BCUT2D eigenvalue weighted by Crippen LogP contribution is 2.00. The van der Waals surface area contributed by atoms with E-state index >= 15 is 0 Å². The minimum atomic E-state index is 0.472. The molecule has 88 valence electrons. The van der Waals surface area contributed by atoms with E-state index in [1.807, 2.05) is 25.3 Å². The second kappa shape index (κ2) is 15.6. The maximum absolute atomic E-state index is 3.72.